The second-order valence-electron chi connectivity index (χ2n) is 6.24. The Morgan fingerprint density at radius 2 is 1.95 bits per heavy atom. The maximum atomic E-state index is 4.65. The van der Waals surface area contributed by atoms with Gasteiger partial charge in [0.2, 0.25) is 0 Å². The maximum Gasteiger partial charge on any atom is 0.126 e. The summed E-state index contributed by atoms with van der Waals surface area (Å²) in [5, 5.41) is 3.57. The van der Waals surface area contributed by atoms with Gasteiger partial charge in [0, 0.05) is 18.3 Å². The van der Waals surface area contributed by atoms with E-state index in [4.69, 9.17) is 0 Å². The fourth-order valence-electron chi connectivity index (χ4n) is 3.71. The van der Waals surface area contributed by atoms with E-state index in [1.165, 1.54) is 57.1 Å². The number of pyridine rings is 1. The Bertz CT molecular complexity index is 409. The van der Waals surface area contributed by atoms with Gasteiger partial charge in [-0.15, -0.1) is 0 Å². The van der Waals surface area contributed by atoms with Crippen LogP contribution in [0.15, 0.2) is 18.3 Å². The highest BCUT2D eigenvalue weighted by Crippen LogP contribution is 2.30. The van der Waals surface area contributed by atoms with Crippen LogP contribution in [0.3, 0.4) is 0 Å². The molecule has 1 atom stereocenters. The number of nitrogens with one attached hydrogen (secondary N) is 1. The molecule has 2 fully saturated rings. The van der Waals surface area contributed by atoms with E-state index < -0.39 is 0 Å². The lowest BCUT2D eigenvalue weighted by Crippen LogP contribution is -2.33. The van der Waals surface area contributed by atoms with Crippen molar-refractivity contribution in [3.05, 3.63) is 23.9 Å². The standard InChI is InChI=1S/C17H27N3/c1-2-20-12-6-5-9-16(20)14-10-11-17(18-13-14)19-15-7-3-4-8-15/h10-11,13,15-16H,2-9,12H2,1H3,(H,18,19)/t16-/m1/s1. The van der Waals surface area contributed by atoms with Gasteiger partial charge in [-0.25, -0.2) is 4.98 Å². The number of likely N-dealkylation sites (tertiary alicyclic amines) is 1. The fraction of sp³-hybridized carbons (Fsp3) is 0.706. The minimum Gasteiger partial charge on any atom is -0.367 e. The highest BCUT2D eigenvalue weighted by Gasteiger charge is 2.22. The third-order valence-corrected chi connectivity index (χ3v) is 4.90. The average molecular weight is 273 g/mol. The van der Waals surface area contributed by atoms with Crippen molar-refractivity contribution >= 4 is 5.82 Å². The normalized spacial score (nSPS) is 24.9. The number of rotatable bonds is 4. The van der Waals surface area contributed by atoms with Crippen LogP contribution in [0.25, 0.3) is 0 Å². The maximum absolute atomic E-state index is 4.65. The van der Waals surface area contributed by atoms with Crippen molar-refractivity contribution in [3.63, 3.8) is 0 Å². The summed E-state index contributed by atoms with van der Waals surface area (Å²) in [4.78, 5) is 7.24. The Morgan fingerprint density at radius 3 is 2.65 bits per heavy atom. The van der Waals surface area contributed by atoms with E-state index in [0.29, 0.717) is 12.1 Å². The van der Waals surface area contributed by atoms with Crippen LogP contribution < -0.4 is 5.32 Å². The van der Waals surface area contributed by atoms with Crippen molar-refractivity contribution in [2.75, 3.05) is 18.4 Å². The molecule has 0 unspecified atom stereocenters. The number of aromatic nitrogens is 1. The van der Waals surface area contributed by atoms with E-state index in [0.717, 1.165) is 12.4 Å². The Hall–Kier alpha value is -1.09. The number of hydrogen-bond acceptors (Lipinski definition) is 3. The first-order valence-electron chi connectivity index (χ1n) is 8.33. The van der Waals surface area contributed by atoms with Crippen LogP contribution in [0.2, 0.25) is 0 Å². The molecule has 1 aliphatic heterocycles. The molecule has 2 heterocycles. The number of hydrogen-bond donors (Lipinski definition) is 1. The summed E-state index contributed by atoms with van der Waals surface area (Å²) in [7, 11) is 0. The second kappa shape index (κ2) is 6.57. The Kier molecular flexibility index (Phi) is 4.56. The molecular weight excluding hydrogens is 246 g/mol. The van der Waals surface area contributed by atoms with Crippen LogP contribution in [0.1, 0.15) is 63.5 Å². The summed E-state index contributed by atoms with van der Waals surface area (Å²) in [5.41, 5.74) is 1.39. The van der Waals surface area contributed by atoms with E-state index in [1.807, 2.05) is 0 Å². The molecule has 2 aliphatic rings. The molecule has 1 aromatic heterocycles. The number of piperidine rings is 1. The first-order valence-corrected chi connectivity index (χ1v) is 8.33. The van der Waals surface area contributed by atoms with E-state index in [9.17, 15) is 0 Å². The molecule has 1 saturated heterocycles. The molecule has 3 heteroatoms. The van der Waals surface area contributed by atoms with Gasteiger partial charge in [-0.1, -0.05) is 32.3 Å². The van der Waals surface area contributed by atoms with E-state index in [-0.39, 0.29) is 0 Å². The third kappa shape index (κ3) is 3.14. The summed E-state index contributed by atoms with van der Waals surface area (Å²) in [5.74, 6) is 1.06. The largest absolute Gasteiger partial charge is 0.367 e. The second-order valence-corrected chi connectivity index (χ2v) is 6.24. The SMILES string of the molecule is CCN1CCCC[C@@H]1c1ccc(NC2CCCC2)nc1. The van der Waals surface area contributed by atoms with Crippen LogP contribution in [0.5, 0.6) is 0 Å². The van der Waals surface area contributed by atoms with Crippen molar-refractivity contribution in [2.24, 2.45) is 0 Å². The molecule has 0 aromatic carbocycles. The van der Waals surface area contributed by atoms with Gasteiger partial charge in [0.1, 0.15) is 5.82 Å². The summed E-state index contributed by atoms with van der Waals surface area (Å²) in [6.07, 6.45) is 11.4. The summed E-state index contributed by atoms with van der Waals surface area (Å²) in [6.45, 7) is 4.65. The van der Waals surface area contributed by atoms with Gasteiger partial charge < -0.3 is 5.32 Å². The zero-order valence-electron chi connectivity index (χ0n) is 12.6. The molecule has 0 spiro atoms. The molecule has 3 rings (SSSR count). The highest BCUT2D eigenvalue weighted by molar-refractivity contribution is 5.37. The van der Waals surface area contributed by atoms with Crippen LogP contribution in [-0.4, -0.2) is 29.0 Å². The third-order valence-electron chi connectivity index (χ3n) is 4.90. The van der Waals surface area contributed by atoms with Crippen molar-refractivity contribution < 1.29 is 0 Å². The predicted octanol–water partition coefficient (Wildman–Crippen LogP) is 3.98. The van der Waals surface area contributed by atoms with Crippen molar-refractivity contribution in [1.82, 2.24) is 9.88 Å². The van der Waals surface area contributed by atoms with Crippen LogP contribution >= 0.6 is 0 Å². The highest BCUT2D eigenvalue weighted by atomic mass is 15.2. The molecule has 1 N–H and O–H groups in total. The Labute approximate surface area is 122 Å². The Balaban J connectivity index is 1.65. The molecule has 20 heavy (non-hydrogen) atoms. The molecule has 0 radical (unpaired) electrons. The number of anilines is 1. The molecule has 0 bridgehead atoms. The van der Waals surface area contributed by atoms with E-state index in [1.54, 1.807) is 0 Å². The molecule has 110 valence electrons. The average Bonchev–Trinajstić information content (AvgIpc) is 3.01. The lowest BCUT2D eigenvalue weighted by atomic mass is 9.96. The molecular formula is C17H27N3. The first kappa shape index (κ1) is 13.9. The molecule has 1 aliphatic carbocycles. The Morgan fingerprint density at radius 1 is 1.15 bits per heavy atom. The van der Waals surface area contributed by atoms with E-state index in [2.05, 4.69) is 40.5 Å². The van der Waals surface area contributed by atoms with E-state index >= 15 is 0 Å². The quantitative estimate of drug-likeness (QED) is 0.899. The topological polar surface area (TPSA) is 28.2 Å². The van der Waals surface area contributed by atoms with Crippen molar-refractivity contribution in [3.8, 4) is 0 Å². The van der Waals surface area contributed by atoms with Gasteiger partial charge in [-0.05, 0) is 50.4 Å². The van der Waals surface area contributed by atoms with Crippen molar-refractivity contribution in [2.45, 2.75) is 64.0 Å². The van der Waals surface area contributed by atoms with Gasteiger partial charge in [0.25, 0.3) is 0 Å². The van der Waals surface area contributed by atoms with Gasteiger partial charge in [-0.2, -0.15) is 0 Å². The van der Waals surface area contributed by atoms with Gasteiger partial charge in [0.05, 0.1) is 0 Å². The van der Waals surface area contributed by atoms with Gasteiger partial charge in [0.15, 0.2) is 0 Å². The predicted molar refractivity (Wildman–Crippen MR) is 84.0 cm³/mol. The molecule has 0 amide bonds. The van der Waals surface area contributed by atoms with Crippen LogP contribution in [-0.2, 0) is 0 Å². The van der Waals surface area contributed by atoms with Crippen LogP contribution in [0.4, 0.5) is 5.82 Å². The van der Waals surface area contributed by atoms with Gasteiger partial charge >= 0.3 is 0 Å². The zero-order valence-corrected chi connectivity index (χ0v) is 12.6. The van der Waals surface area contributed by atoms with Gasteiger partial charge in [-0.3, -0.25) is 4.90 Å². The summed E-state index contributed by atoms with van der Waals surface area (Å²) in [6, 6.07) is 5.69. The monoisotopic (exact) mass is 273 g/mol. The number of nitrogens with zero attached hydrogens (tertiary/aromatic N) is 2. The minimum absolute atomic E-state index is 0.585. The lowest BCUT2D eigenvalue weighted by Gasteiger charge is -2.35. The summed E-state index contributed by atoms with van der Waals surface area (Å²) < 4.78 is 0. The first-order chi connectivity index (χ1) is 9.86. The lowest BCUT2D eigenvalue weighted by molar-refractivity contribution is 0.157. The zero-order chi connectivity index (χ0) is 13.8. The molecule has 3 nitrogen and oxygen atoms in total. The van der Waals surface area contributed by atoms with Crippen LogP contribution in [0, 0.1) is 0 Å². The fourth-order valence-corrected chi connectivity index (χ4v) is 3.71. The minimum atomic E-state index is 0.585. The molecule has 1 saturated carbocycles. The summed E-state index contributed by atoms with van der Waals surface area (Å²) >= 11 is 0. The smallest absolute Gasteiger partial charge is 0.126 e. The molecule has 1 aromatic rings. The van der Waals surface area contributed by atoms with Crippen molar-refractivity contribution in [1.29, 1.82) is 0 Å².